The van der Waals surface area contributed by atoms with Crippen LogP contribution in [0, 0.1) is 0 Å². The Morgan fingerprint density at radius 1 is 1.19 bits per heavy atom. The third-order valence-electron chi connectivity index (χ3n) is 3.62. The van der Waals surface area contributed by atoms with Crippen LogP contribution in [0.3, 0.4) is 0 Å². The van der Waals surface area contributed by atoms with Gasteiger partial charge in [-0.05, 0) is 25.0 Å². The Balaban J connectivity index is 0.00000625. The van der Waals surface area contributed by atoms with Gasteiger partial charge < -0.3 is 9.08 Å². The van der Waals surface area contributed by atoms with Gasteiger partial charge in [-0.2, -0.15) is 0 Å². The van der Waals surface area contributed by atoms with Gasteiger partial charge in [0.15, 0.2) is 0 Å². The summed E-state index contributed by atoms with van der Waals surface area (Å²) < 4.78 is 51.7. The SMILES string of the molecule is O=P1(N(CCCl)CCCl)NC(SCCCCCCS(=O)(=O)[O-])CCO1.[Na+]. The molecular weight excluding hydrogens is 453 g/mol. The second kappa shape index (κ2) is 14.9. The Bertz CT molecular complexity index is 527. The van der Waals surface area contributed by atoms with Crippen molar-refractivity contribution >= 4 is 52.8 Å². The molecule has 1 rings (SSSR count). The van der Waals surface area contributed by atoms with Crippen LogP contribution in [0.2, 0.25) is 0 Å². The van der Waals surface area contributed by atoms with E-state index in [1.54, 1.807) is 16.4 Å². The number of halogens is 2. The largest absolute Gasteiger partial charge is 1.00 e. The smallest absolute Gasteiger partial charge is 0.748 e. The number of hydrogen-bond donors (Lipinski definition) is 1. The van der Waals surface area contributed by atoms with E-state index in [4.69, 9.17) is 27.7 Å². The third kappa shape index (κ3) is 11.8. The number of unbranched alkanes of at least 4 members (excludes halogenated alkanes) is 3. The Morgan fingerprint density at radius 3 is 2.38 bits per heavy atom. The van der Waals surface area contributed by atoms with Crippen LogP contribution in [-0.2, 0) is 19.2 Å². The van der Waals surface area contributed by atoms with Crippen LogP contribution < -0.4 is 34.6 Å². The molecule has 0 amide bonds. The minimum absolute atomic E-state index is 0. The van der Waals surface area contributed by atoms with Crippen molar-refractivity contribution in [1.82, 2.24) is 9.76 Å². The normalized spacial score (nSPS) is 23.8. The van der Waals surface area contributed by atoms with Crippen molar-refractivity contribution in [3.05, 3.63) is 0 Å². The van der Waals surface area contributed by atoms with Crippen molar-refractivity contribution in [3.8, 4) is 0 Å². The molecule has 26 heavy (non-hydrogen) atoms. The fourth-order valence-electron chi connectivity index (χ4n) is 2.38. The number of alkyl halides is 2. The second-order valence-electron chi connectivity index (χ2n) is 5.64. The molecule has 0 aromatic heterocycles. The fourth-order valence-corrected chi connectivity index (χ4v) is 7.17. The maximum atomic E-state index is 13.0. The fraction of sp³-hybridized carbons (Fsp3) is 1.00. The number of thioether (sulfide) groups is 1. The van der Waals surface area contributed by atoms with Crippen molar-refractivity contribution < 1.29 is 51.6 Å². The molecule has 1 fully saturated rings. The molecule has 7 nitrogen and oxygen atoms in total. The first-order valence-corrected chi connectivity index (χ1v) is 13.5. The number of nitrogens with zero attached hydrogens (tertiary/aromatic N) is 1. The van der Waals surface area contributed by atoms with E-state index in [-0.39, 0.29) is 40.7 Å². The standard InChI is InChI=1S/C13H27Cl2N2O5PS2.Na/c14-6-8-17(9-7-15)23(18)16-13(5-10-22-23)24-11-3-1-2-4-12-25(19,20)21;/h13H,1-12H2,(H,16,18)(H,19,20,21);/q;+1/p-1. The summed E-state index contributed by atoms with van der Waals surface area (Å²) in [5.74, 6) is 1.28. The molecule has 2 atom stereocenters. The molecule has 2 unspecified atom stereocenters. The van der Waals surface area contributed by atoms with Gasteiger partial charge >= 0.3 is 37.2 Å². The van der Waals surface area contributed by atoms with Gasteiger partial charge in [0.2, 0.25) is 0 Å². The van der Waals surface area contributed by atoms with E-state index in [1.807, 2.05) is 0 Å². The second-order valence-corrected chi connectivity index (χ2v) is 11.4. The van der Waals surface area contributed by atoms with Crippen LogP contribution >= 0.6 is 42.6 Å². The zero-order chi connectivity index (χ0) is 18.8. The van der Waals surface area contributed by atoms with Gasteiger partial charge in [-0.15, -0.1) is 35.0 Å². The summed E-state index contributed by atoms with van der Waals surface area (Å²) in [5.41, 5.74) is 0. The first-order valence-electron chi connectivity index (χ1n) is 8.25. The van der Waals surface area contributed by atoms with E-state index in [0.717, 1.165) is 31.4 Å². The van der Waals surface area contributed by atoms with Crippen molar-refractivity contribution in [1.29, 1.82) is 0 Å². The molecule has 150 valence electrons. The van der Waals surface area contributed by atoms with Gasteiger partial charge in [0, 0.05) is 30.6 Å². The van der Waals surface area contributed by atoms with Crippen molar-refractivity contribution in [2.75, 3.05) is 43.0 Å². The van der Waals surface area contributed by atoms with Gasteiger partial charge in [0.25, 0.3) is 0 Å². The molecule has 13 heteroatoms. The minimum Gasteiger partial charge on any atom is -0.748 e. The van der Waals surface area contributed by atoms with Crippen LogP contribution in [0.1, 0.15) is 32.1 Å². The molecule has 0 radical (unpaired) electrons. The Morgan fingerprint density at radius 2 is 1.81 bits per heavy atom. The van der Waals surface area contributed by atoms with Gasteiger partial charge in [-0.25, -0.2) is 18.2 Å². The average molecular weight is 479 g/mol. The molecule has 0 aliphatic carbocycles. The summed E-state index contributed by atoms with van der Waals surface area (Å²) in [6.07, 6.45) is 3.68. The maximum absolute atomic E-state index is 13.0. The molecule has 0 aromatic rings. The molecule has 1 aliphatic rings. The van der Waals surface area contributed by atoms with E-state index in [9.17, 15) is 17.5 Å². The quantitative estimate of drug-likeness (QED) is 0.130. The molecule has 1 N–H and O–H groups in total. The first-order chi connectivity index (χ1) is 11.8. The van der Waals surface area contributed by atoms with E-state index in [1.165, 1.54) is 0 Å². The van der Waals surface area contributed by atoms with Gasteiger partial charge in [-0.3, -0.25) is 4.57 Å². The van der Waals surface area contributed by atoms with E-state index in [2.05, 4.69) is 5.09 Å². The Hall–Kier alpha value is 1.95. The maximum Gasteiger partial charge on any atom is 1.00 e. The Labute approximate surface area is 193 Å². The molecule has 1 saturated heterocycles. The van der Waals surface area contributed by atoms with Crippen LogP contribution in [0.5, 0.6) is 0 Å². The summed E-state index contributed by atoms with van der Waals surface area (Å²) in [7, 11) is -7.20. The summed E-state index contributed by atoms with van der Waals surface area (Å²) in [4.78, 5) is 0. The number of rotatable bonds is 13. The topological polar surface area (TPSA) is 98.8 Å². The Kier molecular flexibility index (Phi) is 16.0. The first kappa shape index (κ1) is 27.9. The molecule has 0 saturated carbocycles. The monoisotopic (exact) mass is 478 g/mol. The van der Waals surface area contributed by atoms with E-state index in [0.29, 0.717) is 37.9 Å². The van der Waals surface area contributed by atoms with Gasteiger partial charge in [0.05, 0.1) is 22.1 Å². The van der Waals surface area contributed by atoms with Crippen LogP contribution in [0.25, 0.3) is 0 Å². The van der Waals surface area contributed by atoms with Crippen molar-refractivity contribution in [2.24, 2.45) is 0 Å². The van der Waals surface area contributed by atoms with Crippen molar-refractivity contribution in [3.63, 3.8) is 0 Å². The van der Waals surface area contributed by atoms with Gasteiger partial charge in [0.1, 0.15) is 0 Å². The van der Waals surface area contributed by atoms with Crippen LogP contribution in [0.4, 0.5) is 0 Å². The summed E-state index contributed by atoms with van der Waals surface area (Å²) in [5, 5.41) is 3.14. The molecule has 0 aromatic carbocycles. The molecular formula is C13H26Cl2N2NaO5PS2. The molecule has 0 spiro atoms. The number of hydrogen-bond acceptors (Lipinski definition) is 6. The predicted molar refractivity (Wildman–Crippen MR) is 104 cm³/mol. The molecule has 1 aliphatic heterocycles. The number of nitrogens with one attached hydrogen (secondary N) is 1. The van der Waals surface area contributed by atoms with Crippen LogP contribution in [-0.4, -0.2) is 66.0 Å². The van der Waals surface area contributed by atoms with Crippen molar-refractivity contribution in [2.45, 2.75) is 37.5 Å². The van der Waals surface area contributed by atoms with E-state index >= 15 is 0 Å². The third-order valence-corrected chi connectivity index (χ3v) is 8.52. The summed E-state index contributed by atoms with van der Waals surface area (Å²) >= 11 is 13.2. The van der Waals surface area contributed by atoms with E-state index < -0.39 is 17.8 Å². The zero-order valence-corrected chi connectivity index (χ0v) is 21.1. The minimum atomic E-state index is -4.10. The van der Waals surface area contributed by atoms with Crippen LogP contribution in [0.15, 0.2) is 0 Å². The summed E-state index contributed by atoms with van der Waals surface area (Å²) in [6, 6.07) is 0. The summed E-state index contributed by atoms with van der Waals surface area (Å²) in [6.45, 7) is 1.31. The molecule has 0 bridgehead atoms. The van der Waals surface area contributed by atoms with Gasteiger partial charge in [-0.1, -0.05) is 12.8 Å². The predicted octanol–water partition coefficient (Wildman–Crippen LogP) is 0.0529. The zero-order valence-electron chi connectivity index (χ0n) is 15.1. The average Bonchev–Trinajstić information content (AvgIpc) is 2.53. The molecule has 1 heterocycles.